The molecule has 18 heavy (non-hydrogen) atoms. The molecule has 100 valence electrons. The summed E-state index contributed by atoms with van der Waals surface area (Å²) >= 11 is 7.30. The fourth-order valence-corrected chi connectivity index (χ4v) is 3.32. The Morgan fingerprint density at radius 1 is 1.50 bits per heavy atom. The van der Waals surface area contributed by atoms with Gasteiger partial charge in [-0.2, -0.15) is 4.72 Å². The summed E-state index contributed by atoms with van der Waals surface area (Å²) in [7, 11) is -3.88. The third kappa shape index (κ3) is 3.61. The quantitative estimate of drug-likeness (QED) is 0.811. The number of hydrogen-bond donors (Lipinski definition) is 2. The first-order chi connectivity index (χ1) is 8.27. The van der Waals surface area contributed by atoms with E-state index in [1.165, 1.54) is 30.8 Å². The zero-order valence-corrected chi connectivity index (χ0v) is 12.1. The molecule has 0 spiro atoms. The van der Waals surface area contributed by atoms with E-state index in [1.54, 1.807) is 6.07 Å². The van der Waals surface area contributed by atoms with Gasteiger partial charge in [-0.15, -0.1) is 11.8 Å². The number of aliphatic carboxylic acids is 1. The number of carboxylic acids is 1. The van der Waals surface area contributed by atoms with Gasteiger partial charge in [0.2, 0.25) is 10.0 Å². The minimum absolute atomic E-state index is 0.0570. The van der Waals surface area contributed by atoms with Crippen molar-refractivity contribution >= 4 is 39.4 Å². The summed E-state index contributed by atoms with van der Waals surface area (Å²) in [5.41, 5.74) is 0. The largest absolute Gasteiger partial charge is 0.480 e. The molecule has 1 atom stereocenters. The minimum atomic E-state index is -3.88. The van der Waals surface area contributed by atoms with Gasteiger partial charge >= 0.3 is 5.97 Å². The second-order valence-corrected chi connectivity index (χ2v) is 6.45. The van der Waals surface area contributed by atoms with Crippen molar-refractivity contribution in [3.63, 3.8) is 0 Å². The lowest BCUT2D eigenvalue weighted by Crippen LogP contribution is -2.38. The van der Waals surface area contributed by atoms with E-state index in [0.29, 0.717) is 5.02 Å². The van der Waals surface area contributed by atoms with E-state index in [0.717, 1.165) is 4.90 Å². The summed E-state index contributed by atoms with van der Waals surface area (Å²) in [5.74, 6) is -1.24. The third-order valence-corrected chi connectivity index (χ3v) is 4.89. The molecule has 0 heterocycles. The normalized spacial score (nSPS) is 13.3. The lowest BCUT2D eigenvalue weighted by Gasteiger charge is -2.11. The number of nitrogens with one attached hydrogen (secondary N) is 1. The molecule has 0 saturated carbocycles. The zero-order valence-electron chi connectivity index (χ0n) is 9.68. The lowest BCUT2D eigenvalue weighted by atomic mass is 10.4. The lowest BCUT2D eigenvalue weighted by molar-refractivity contribution is -0.138. The zero-order chi connectivity index (χ0) is 13.9. The topological polar surface area (TPSA) is 83.5 Å². The van der Waals surface area contributed by atoms with Crippen molar-refractivity contribution in [1.82, 2.24) is 4.72 Å². The Morgan fingerprint density at radius 3 is 2.56 bits per heavy atom. The molecule has 1 aromatic rings. The van der Waals surface area contributed by atoms with Crippen LogP contribution in [0.1, 0.15) is 6.92 Å². The van der Waals surface area contributed by atoms with Crippen molar-refractivity contribution in [3.05, 3.63) is 23.2 Å². The predicted octanol–water partition coefficient (Wildman–Crippen LogP) is 1.81. The Labute approximate surface area is 115 Å². The first-order valence-corrected chi connectivity index (χ1v) is 7.95. The molecule has 1 rings (SSSR count). The number of benzene rings is 1. The summed E-state index contributed by atoms with van der Waals surface area (Å²) in [5, 5.41) is 8.99. The summed E-state index contributed by atoms with van der Waals surface area (Å²) in [6.07, 6.45) is 1.82. The highest BCUT2D eigenvalue weighted by Crippen LogP contribution is 2.27. The minimum Gasteiger partial charge on any atom is -0.480 e. The number of thioether (sulfide) groups is 1. The van der Waals surface area contributed by atoms with Crippen LogP contribution in [0.5, 0.6) is 0 Å². The fourth-order valence-electron chi connectivity index (χ4n) is 1.17. The van der Waals surface area contributed by atoms with Crippen molar-refractivity contribution in [2.45, 2.75) is 22.8 Å². The second-order valence-electron chi connectivity index (χ2n) is 3.48. The number of carbonyl (C=O) groups is 1. The van der Waals surface area contributed by atoms with Gasteiger partial charge in [0.1, 0.15) is 6.04 Å². The van der Waals surface area contributed by atoms with E-state index in [9.17, 15) is 13.2 Å². The van der Waals surface area contributed by atoms with Gasteiger partial charge in [0, 0.05) is 4.90 Å². The van der Waals surface area contributed by atoms with E-state index in [2.05, 4.69) is 0 Å². The van der Waals surface area contributed by atoms with Gasteiger partial charge in [-0.1, -0.05) is 11.6 Å². The van der Waals surface area contributed by atoms with Crippen molar-refractivity contribution in [3.8, 4) is 0 Å². The molecular formula is C10H12ClNO4S2. The average molecular weight is 310 g/mol. The Kier molecular flexibility index (Phi) is 5.03. The van der Waals surface area contributed by atoms with Crippen LogP contribution in [0.25, 0.3) is 0 Å². The fraction of sp³-hybridized carbons (Fsp3) is 0.300. The molecule has 0 radical (unpaired) electrons. The number of carboxylic acid groups (broad SMARTS) is 1. The molecular weight excluding hydrogens is 298 g/mol. The molecule has 0 fully saturated rings. The summed E-state index contributed by atoms with van der Waals surface area (Å²) in [6, 6.07) is 3.06. The smallest absolute Gasteiger partial charge is 0.321 e. The molecule has 0 aliphatic rings. The van der Waals surface area contributed by atoms with Crippen LogP contribution >= 0.6 is 23.4 Å². The van der Waals surface area contributed by atoms with Crippen molar-refractivity contribution in [2.75, 3.05) is 6.26 Å². The molecule has 0 bridgehead atoms. The van der Waals surface area contributed by atoms with E-state index in [-0.39, 0.29) is 4.90 Å². The van der Waals surface area contributed by atoms with Crippen LogP contribution in [-0.2, 0) is 14.8 Å². The van der Waals surface area contributed by atoms with Crippen molar-refractivity contribution in [1.29, 1.82) is 0 Å². The summed E-state index contributed by atoms with van der Waals surface area (Å²) in [4.78, 5) is 11.3. The van der Waals surface area contributed by atoms with Crippen LogP contribution in [0, 0.1) is 0 Å². The Balaban J connectivity index is 3.06. The SMILES string of the molecule is CSc1ccc(S(=O)(=O)NC(C)C(=O)O)cc1Cl. The highest BCUT2D eigenvalue weighted by molar-refractivity contribution is 7.98. The predicted molar refractivity (Wildman–Crippen MR) is 70.7 cm³/mol. The molecule has 0 aliphatic carbocycles. The number of hydrogen-bond acceptors (Lipinski definition) is 4. The summed E-state index contributed by atoms with van der Waals surface area (Å²) < 4.78 is 25.8. The van der Waals surface area contributed by atoms with Crippen LogP contribution < -0.4 is 4.72 Å². The van der Waals surface area contributed by atoms with Gasteiger partial charge in [0.05, 0.1) is 9.92 Å². The Hall–Kier alpha value is -0.760. The average Bonchev–Trinajstić information content (AvgIpc) is 2.28. The monoisotopic (exact) mass is 309 g/mol. The van der Waals surface area contributed by atoms with Crippen molar-refractivity contribution < 1.29 is 18.3 Å². The number of sulfonamides is 1. The standard InChI is InChI=1S/C10H12ClNO4S2/c1-6(10(13)14)12-18(15,16)7-3-4-9(17-2)8(11)5-7/h3-6,12H,1-2H3,(H,13,14). The maximum absolute atomic E-state index is 11.9. The molecule has 1 aromatic carbocycles. The van der Waals surface area contributed by atoms with Crippen LogP contribution in [0.4, 0.5) is 0 Å². The molecule has 8 heteroatoms. The van der Waals surface area contributed by atoms with Gasteiger partial charge in [-0.3, -0.25) is 4.79 Å². The number of halogens is 1. The highest BCUT2D eigenvalue weighted by Gasteiger charge is 2.22. The highest BCUT2D eigenvalue weighted by atomic mass is 35.5. The number of rotatable bonds is 5. The second kappa shape index (κ2) is 5.92. The summed E-state index contributed by atoms with van der Waals surface area (Å²) in [6.45, 7) is 1.25. The first kappa shape index (κ1) is 15.3. The molecule has 0 saturated heterocycles. The third-order valence-electron chi connectivity index (χ3n) is 2.14. The molecule has 0 aromatic heterocycles. The maximum atomic E-state index is 11.9. The van der Waals surface area contributed by atoms with E-state index in [4.69, 9.17) is 16.7 Å². The Bertz CT molecular complexity index is 559. The first-order valence-electron chi connectivity index (χ1n) is 4.86. The Morgan fingerprint density at radius 2 is 2.11 bits per heavy atom. The maximum Gasteiger partial charge on any atom is 0.321 e. The van der Waals surface area contributed by atoms with E-state index < -0.39 is 22.0 Å². The molecule has 0 aliphatic heterocycles. The van der Waals surface area contributed by atoms with Gasteiger partial charge in [0.15, 0.2) is 0 Å². The van der Waals surface area contributed by atoms with Gasteiger partial charge in [-0.25, -0.2) is 8.42 Å². The van der Waals surface area contributed by atoms with Gasteiger partial charge < -0.3 is 5.11 Å². The van der Waals surface area contributed by atoms with Crippen LogP contribution in [-0.4, -0.2) is 31.8 Å². The molecule has 0 amide bonds. The van der Waals surface area contributed by atoms with Gasteiger partial charge in [-0.05, 0) is 31.4 Å². The van der Waals surface area contributed by atoms with Crippen LogP contribution in [0.15, 0.2) is 28.0 Å². The molecule has 2 N–H and O–H groups in total. The van der Waals surface area contributed by atoms with Crippen LogP contribution in [0.3, 0.4) is 0 Å². The van der Waals surface area contributed by atoms with Gasteiger partial charge in [0.25, 0.3) is 0 Å². The van der Waals surface area contributed by atoms with E-state index >= 15 is 0 Å². The molecule has 5 nitrogen and oxygen atoms in total. The van der Waals surface area contributed by atoms with Crippen LogP contribution in [0.2, 0.25) is 5.02 Å². The van der Waals surface area contributed by atoms with Crippen molar-refractivity contribution in [2.24, 2.45) is 0 Å². The molecule has 1 unspecified atom stereocenters. The van der Waals surface area contributed by atoms with E-state index in [1.807, 2.05) is 11.0 Å².